The van der Waals surface area contributed by atoms with Crippen LogP contribution in [0.1, 0.15) is 11.1 Å². The molecule has 0 unspecified atom stereocenters. The molecule has 1 aromatic heterocycles. The number of carbonyl (C=O) groups excluding carboxylic acids is 1. The fourth-order valence-electron chi connectivity index (χ4n) is 3.83. The van der Waals surface area contributed by atoms with Gasteiger partial charge in [-0.3, -0.25) is 4.79 Å². The van der Waals surface area contributed by atoms with Crippen LogP contribution in [0.3, 0.4) is 0 Å². The first-order valence-electron chi connectivity index (χ1n) is 9.85. The van der Waals surface area contributed by atoms with Crippen molar-refractivity contribution in [2.45, 2.75) is 13.3 Å². The van der Waals surface area contributed by atoms with E-state index in [2.05, 4.69) is 4.90 Å². The van der Waals surface area contributed by atoms with Gasteiger partial charge in [-0.05, 0) is 48.9 Å². The molecular weight excluding hydrogens is 387 g/mol. The Labute approximate surface area is 173 Å². The van der Waals surface area contributed by atoms with Crippen molar-refractivity contribution in [3.63, 3.8) is 0 Å². The minimum absolute atomic E-state index is 0.00663. The van der Waals surface area contributed by atoms with Crippen molar-refractivity contribution in [3.05, 3.63) is 69.8 Å². The fraction of sp³-hybridized carbons (Fsp3) is 0.304. The highest BCUT2D eigenvalue weighted by atomic mass is 19.1. The second-order valence-corrected chi connectivity index (χ2v) is 7.38. The predicted octanol–water partition coefficient (Wildman–Crippen LogP) is 3.14. The SMILES string of the molecule is COc1ccc2c(C)c(CC(=O)N3CCN(c4ccc(F)cc4)CC3)c(=O)oc2c1. The second-order valence-electron chi connectivity index (χ2n) is 7.38. The second kappa shape index (κ2) is 8.18. The Morgan fingerprint density at radius 3 is 2.47 bits per heavy atom. The highest BCUT2D eigenvalue weighted by molar-refractivity contribution is 5.85. The normalized spacial score (nSPS) is 14.2. The summed E-state index contributed by atoms with van der Waals surface area (Å²) in [5.41, 5.74) is 2.03. The molecule has 0 radical (unpaired) electrons. The molecule has 4 rings (SSSR count). The van der Waals surface area contributed by atoms with Crippen molar-refractivity contribution in [1.29, 1.82) is 0 Å². The number of aryl methyl sites for hydroxylation is 1. The third-order valence-electron chi connectivity index (χ3n) is 5.65. The standard InChI is InChI=1S/C23H23FN2O4/c1-15-19-8-7-18(29-2)13-21(19)30-23(28)20(15)14-22(27)26-11-9-25(10-12-26)17-5-3-16(24)4-6-17/h3-8,13H,9-12,14H2,1-2H3. The van der Waals surface area contributed by atoms with E-state index in [9.17, 15) is 14.0 Å². The third kappa shape index (κ3) is 3.87. The summed E-state index contributed by atoms with van der Waals surface area (Å²) in [7, 11) is 1.55. The topological polar surface area (TPSA) is 63.0 Å². The van der Waals surface area contributed by atoms with Gasteiger partial charge in [0.05, 0.1) is 19.1 Å². The van der Waals surface area contributed by atoms with Gasteiger partial charge in [-0.2, -0.15) is 0 Å². The van der Waals surface area contributed by atoms with E-state index in [0.717, 1.165) is 16.6 Å². The van der Waals surface area contributed by atoms with Crippen LogP contribution >= 0.6 is 0 Å². The highest BCUT2D eigenvalue weighted by Crippen LogP contribution is 2.24. The molecule has 0 N–H and O–H groups in total. The molecule has 1 amide bonds. The van der Waals surface area contributed by atoms with Crippen molar-refractivity contribution in [2.75, 3.05) is 38.2 Å². The van der Waals surface area contributed by atoms with E-state index in [4.69, 9.17) is 9.15 Å². The van der Waals surface area contributed by atoms with Crippen molar-refractivity contribution >= 4 is 22.6 Å². The lowest BCUT2D eigenvalue weighted by atomic mass is 10.0. The van der Waals surface area contributed by atoms with Gasteiger partial charge in [-0.1, -0.05) is 0 Å². The van der Waals surface area contributed by atoms with E-state index < -0.39 is 5.63 Å². The smallest absolute Gasteiger partial charge is 0.340 e. The average Bonchev–Trinajstić information content (AvgIpc) is 2.76. The Hall–Kier alpha value is -3.35. The molecule has 0 atom stereocenters. The van der Waals surface area contributed by atoms with Gasteiger partial charge in [0.1, 0.15) is 17.1 Å². The Morgan fingerprint density at radius 2 is 1.80 bits per heavy atom. The minimum atomic E-state index is -0.494. The van der Waals surface area contributed by atoms with Crippen LogP contribution in [0, 0.1) is 12.7 Å². The summed E-state index contributed by atoms with van der Waals surface area (Å²) >= 11 is 0. The number of anilines is 1. The third-order valence-corrected chi connectivity index (χ3v) is 5.65. The quantitative estimate of drug-likeness (QED) is 0.619. The largest absolute Gasteiger partial charge is 0.497 e. The number of amides is 1. The van der Waals surface area contributed by atoms with Crippen molar-refractivity contribution in [2.24, 2.45) is 0 Å². The van der Waals surface area contributed by atoms with E-state index >= 15 is 0 Å². The number of carbonyl (C=O) groups is 1. The number of benzene rings is 2. The first-order valence-corrected chi connectivity index (χ1v) is 9.85. The van der Waals surface area contributed by atoms with Crippen LogP contribution in [0.15, 0.2) is 51.7 Å². The number of halogens is 1. The summed E-state index contributed by atoms with van der Waals surface area (Å²) < 4.78 is 23.7. The van der Waals surface area contributed by atoms with Gasteiger partial charge in [-0.25, -0.2) is 9.18 Å². The van der Waals surface area contributed by atoms with Gasteiger partial charge in [0, 0.05) is 43.3 Å². The zero-order valence-electron chi connectivity index (χ0n) is 17.0. The van der Waals surface area contributed by atoms with E-state index in [1.54, 1.807) is 36.3 Å². The van der Waals surface area contributed by atoms with Gasteiger partial charge in [0.25, 0.3) is 0 Å². The summed E-state index contributed by atoms with van der Waals surface area (Å²) in [6, 6.07) is 11.7. The number of hydrogen-bond acceptors (Lipinski definition) is 5. The molecule has 0 bridgehead atoms. The monoisotopic (exact) mass is 410 g/mol. The number of ether oxygens (including phenoxy) is 1. The van der Waals surface area contributed by atoms with Crippen LogP contribution in [0.2, 0.25) is 0 Å². The van der Waals surface area contributed by atoms with Crippen LogP contribution in [-0.4, -0.2) is 44.1 Å². The molecule has 1 fully saturated rings. The molecule has 6 nitrogen and oxygen atoms in total. The van der Waals surface area contributed by atoms with Crippen LogP contribution in [-0.2, 0) is 11.2 Å². The molecule has 0 saturated carbocycles. The van der Waals surface area contributed by atoms with Crippen molar-refractivity contribution in [3.8, 4) is 5.75 Å². The Morgan fingerprint density at radius 1 is 1.10 bits per heavy atom. The lowest BCUT2D eigenvalue weighted by molar-refractivity contribution is -0.130. The minimum Gasteiger partial charge on any atom is -0.497 e. The van der Waals surface area contributed by atoms with Crippen LogP contribution in [0.4, 0.5) is 10.1 Å². The summed E-state index contributed by atoms with van der Waals surface area (Å²) in [6.07, 6.45) is 0.00663. The summed E-state index contributed by atoms with van der Waals surface area (Å²) in [5, 5.41) is 0.791. The number of fused-ring (bicyclic) bond motifs is 1. The van der Waals surface area contributed by atoms with E-state index in [1.807, 2.05) is 13.0 Å². The maximum absolute atomic E-state index is 13.1. The lowest BCUT2D eigenvalue weighted by Gasteiger charge is -2.36. The van der Waals surface area contributed by atoms with Crippen molar-refractivity contribution < 1.29 is 18.3 Å². The zero-order valence-corrected chi connectivity index (χ0v) is 17.0. The Balaban J connectivity index is 1.47. The molecule has 0 spiro atoms. The predicted molar refractivity (Wildman–Crippen MR) is 113 cm³/mol. The molecule has 0 aliphatic carbocycles. The number of nitrogens with zero attached hydrogens (tertiary/aromatic N) is 2. The molecule has 2 heterocycles. The lowest BCUT2D eigenvalue weighted by Crippen LogP contribution is -2.49. The molecule has 1 aliphatic heterocycles. The number of rotatable bonds is 4. The molecule has 7 heteroatoms. The summed E-state index contributed by atoms with van der Waals surface area (Å²) in [5.74, 6) is 0.237. The summed E-state index contributed by atoms with van der Waals surface area (Å²) in [4.78, 5) is 29.3. The van der Waals surface area contributed by atoms with Gasteiger partial charge in [-0.15, -0.1) is 0 Å². The Kier molecular flexibility index (Phi) is 5.44. The fourth-order valence-corrected chi connectivity index (χ4v) is 3.83. The van der Waals surface area contributed by atoms with Crippen LogP contribution < -0.4 is 15.3 Å². The summed E-state index contributed by atoms with van der Waals surface area (Å²) in [6.45, 7) is 4.24. The van der Waals surface area contributed by atoms with E-state index in [0.29, 0.717) is 43.1 Å². The Bertz CT molecular complexity index is 1130. The van der Waals surface area contributed by atoms with Crippen LogP contribution in [0.5, 0.6) is 5.75 Å². The first kappa shape index (κ1) is 19.9. The van der Waals surface area contributed by atoms with Crippen molar-refractivity contribution in [1.82, 2.24) is 4.90 Å². The number of methoxy groups -OCH3 is 1. The van der Waals surface area contributed by atoms with Gasteiger partial charge in [0.2, 0.25) is 5.91 Å². The highest BCUT2D eigenvalue weighted by Gasteiger charge is 2.24. The number of hydrogen-bond donors (Lipinski definition) is 0. The molecular formula is C23H23FN2O4. The molecule has 2 aromatic carbocycles. The average molecular weight is 410 g/mol. The van der Waals surface area contributed by atoms with Gasteiger partial charge in [0.15, 0.2) is 0 Å². The van der Waals surface area contributed by atoms with E-state index in [-0.39, 0.29) is 18.1 Å². The molecule has 3 aromatic rings. The molecule has 30 heavy (non-hydrogen) atoms. The zero-order chi connectivity index (χ0) is 21.3. The van der Waals surface area contributed by atoms with Gasteiger partial charge < -0.3 is 19.0 Å². The molecule has 1 aliphatic rings. The maximum atomic E-state index is 13.1. The number of piperazine rings is 1. The molecule has 156 valence electrons. The first-order chi connectivity index (χ1) is 14.5. The maximum Gasteiger partial charge on any atom is 0.340 e. The van der Waals surface area contributed by atoms with E-state index in [1.165, 1.54) is 12.1 Å². The van der Waals surface area contributed by atoms with Crippen LogP contribution in [0.25, 0.3) is 11.0 Å². The van der Waals surface area contributed by atoms with Gasteiger partial charge >= 0.3 is 5.63 Å². The molecule has 1 saturated heterocycles.